The van der Waals surface area contributed by atoms with Gasteiger partial charge in [-0.05, 0) is 6.42 Å². The molecule has 68 valence electrons. The molecule has 12 heavy (non-hydrogen) atoms. The summed E-state index contributed by atoms with van der Waals surface area (Å²) in [6.45, 7) is 3.28. The normalized spacial score (nSPS) is 18.6. The second-order valence-electron chi connectivity index (χ2n) is 2.77. The Morgan fingerprint density at radius 1 is 1.75 bits per heavy atom. The Morgan fingerprint density at radius 2 is 2.42 bits per heavy atom. The summed E-state index contributed by atoms with van der Waals surface area (Å²) in [5, 5.41) is 3.02. The van der Waals surface area contributed by atoms with Crippen molar-refractivity contribution in [2.24, 2.45) is 5.73 Å². The van der Waals surface area contributed by atoms with Crippen molar-refractivity contribution in [2.45, 2.75) is 19.4 Å². The molecule has 0 radical (unpaired) electrons. The van der Waals surface area contributed by atoms with E-state index >= 15 is 0 Å². The van der Waals surface area contributed by atoms with Gasteiger partial charge in [0.25, 0.3) is 5.91 Å². The lowest BCUT2D eigenvalue weighted by Crippen LogP contribution is -2.47. The van der Waals surface area contributed by atoms with Gasteiger partial charge in [0.15, 0.2) is 0 Å². The highest BCUT2D eigenvalue weighted by molar-refractivity contribution is 5.91. The average molecular weight is 170 g/mol. The number of ether oxygens (including phenoxy) is 1. The molecule has 1 amide bonds. The highest BCUT2D eigenvalue weighted by Crippen LogP contribution is 2.03. The molecule has 0 bridgehead atoms. The fourth-order valence-electron chi connectivity index (χ4n) is 0.974. The zero-order valence-electron chi connectivity index (χ0n) is 7.17. The summed E-state index contributed by atoms with van der Waals surface area (Å²) >= 11 is 0. The predicted octanol–water partition coefficient (Wildman–Crippen LogP) is -0.246. The number of primary amides is 1. The summed E-state index contributed by atoms with van der Waals surface area (Å²) in [6, 6.07) is 0.260. The zero-order valence-corrected chi connectivity index (χ0v) is 7.17. The number of hydrogen-bond acceptors (Lipinski definition) is 3. The second-order valence-corrected chi connectivity index (χ2v) is 2.77. The molecule has 0 unspecified atom stereocenters. The molecule has 0 saturated carbocycles. The summed E-state index contributed by atoms with van der Waals surface area (Å²) in [7, 11) is 0. The third kappa shape index (κ3) is 2.23. The van der Waals surface area contributed by atoms with Crippen LogP contribution in [0.2, 0.25) is 0 Å². The number of carbonyl (C=O) groups is 1. The van der Waals surface area contributed by atoms with E-state index in [0.717, 1.165) is 6.42 Å². The summed E-state index contributed by atoms with van der Waals surface area (Å²) in [5.41, 5.74) is 5.64. The first-order valence-electron chi connectivity index (χ1n) is 4.08. The van der Waals surface area contributed by atoms with E-state index in [2.05, 4.69) is 5.32 Å². The average Bonchev–Trinajstić information content (AvgIpc) is 1.93. The van der Waals surface area contributed by atoms with E-state index in [9.17, 15) is 4.79 Å². The van der Waals surface area contributed by atoms with Gasteiger partial charge in [0.05, 0.1) is 25.0 Å². The van der Waals surface area contributed by atoms with Crippen molar-refractivity contribution in [1.29, 1.82) is 0 Å². The van der Waals surface area contributed by atoms with E-state index in [-0.39, 0.29) is 6.04 Å². The lowest BCUT2D eigenvalue weighted by molar-refractivity contribution is -0.115. The van der Waals surface area contributed by atoms with Crippen LogP contribution in [-0.2, 0) is 9.53 Å². The van der Waals surface area contributed by atoms with Gasteiger partial charge in [0, 0.05) is 0 Å². The Morgan fingerprint density at radius 3 is 2.75 bits per heavy atom. The topological polar surface area (TPSA) is 64.3 Å². The molecule has 4 heteroatoms. The van der Waals surface area contributed by atoms with Crippen LogP contribution in [0.3, 0.4) is 0 Å². The lowest BCUT2D eigenvalue weighted by Gasteiger charge is -2.28. The molecule has 0 spiro atoms. The van der Waals surface area contributed by atoms with Crippen molar-refractivity contribution < 1.29 is 9.53 Å². The number of nitrogens with one attached hydrogen (secondary N) is 1. The Labute approximate surface area is 71.8 Å². The fraction of sp³-hybridized carbons (Fsp3) is 0.625. The van der Waals surface area contributed by atoms with Crippen molar-refractivity contribution in [3.8, 4) is 0 Å². The number of rotatable bonds is 4. The fourth-order valence-corrected chi connectivity index (χ4v) is 0.974. The van der Waals surface area contributed by atoms with E-state index in [1.54, 1.807) is 6.08 Å². The number of carbonyl (C=O) groups excluding carboxylic acids is 1. The van der Waals surface area contributed by atoms with Gasteiger partial charge in [-0.25, -0.2) is 0 Å². The standard InChI is InChI=1S/C8H14N2O2/c1-2-3-7(8(9)11)10-6-4-12-5-6/h3,6,10H,2,4-5H2,1H3,(H2,9,11)/b7-3-. The summed E-state index contributed by atoms with van der Waals surface area (Å²) < 4.78 is 4.95. The van der Waals surface area contributed by atoms with Crippen molar-refractivity contribution in [3.63, 3.8) is 0 Å². The molecule has 4 nitrogen and oxygen atoms in total. The summed E-state index contributed by atoms with van der Waals surface area (Å²) in [4.78, 5) is 10.8. The second kappa shape index (κ2) is 4.11. The predicted molar refractivity (Wildman–Crippen MR) is 45.3 cm³/mol. The van der Waals surface area contributed by atoms with E-state index < -0.39 is 5.91 Å². The number of amides is 1. The van der Waals surface area contributed by atoms with E-state index in [1.165, 1.54) is 0 Å². The van der Waals surface area contributed by atoms with Crippen LogP contribution >= 0.6 is 0 Å². The van der Waals surface area contributed by atoms with Gasteiger partial charge < -0.3 is 15.8 Å². The van der Waals surface area contributed by atoms with Gasteiger partial charge in [-0.3, -0.25) is 4.79 Å². The molecule has 1 heterocycles. The third-order valence-electron chi connectivity index (χ3n) is 1.67. The zero-order chi connectivity index (χ0) is 8.97. The molecular weight excluding hydrogens is 156 g/mol. The highest BCUT2D eigenvalue weighted by Gasteiger charge is 2.19. The smallest absolute Gasteiger partial charge is 0.264 e. The SMILES string of the molecule is CC/C=C(\NC1COC1)C(N)=O. The van der Waals surface area contributed by atoms with E-state index in [4.69, 9.17) is 10.5 Å². The maximum Gasteiger partial charge on any atom is 0.264 e. The van der Waals surface area contributed by atoms with Crippen molar-refractivity contribution in [1.82, 2.24) is 5.32 Å². The molecular formula is C8H14N2O2. The Hall–Kier alpha value is -1.03. The molecule has 0 aliphatic carbocycles. The molecule has 0 aromatic heterocycles. The minimum absolute atomic E-state index is 0.260. The minimum atomic E-state index is -0.399. The number of hydrogen-bond donors (Lipinski definition) is 2. The number of nitrogens with two attached hydrogens (primary N) is 1. The van der Waals surface area contributed by atoms with E-state index in [0.29, 0.717) is 18.9 Å². The monoisotopic (exact) mass is 170 g/mol. The Kier molecular flexibility index (Phi) is 3.10. The van der Waals surface area contributed by atoms with Crippen molar-refractivity contribution in [2.75, 3.05) is 13.2 Å². The van der Waals surface area contributed by atoms with Gasteiger partial charge in [0.2, 0.25) is 0 Å². The number of allylic oxidation sites excluding steroid dienone is 1. The molecule has 3 N–H and O–H groups in total. The first-order chi connectivity index (χ1) is 5.74. The van der Waals surface area contributed by atoms with Gasteiger partial charge in [0.1, 0.15) is 0 Å². The molecule has 1 rings (SSSR count). The van der Waals surface area contributed by atoms with Crippen molar-refractivity contribution >= 4 is 5.91 Å². The molecule has 1 fully saturated rings. The summed E-state index contributed by atoms with van der Waals surface area (Å²) in [6.07, 6.45) is 2.60. The van der Waals surface area contributed by atoms with Gasteiger partial charge >= 0.3 is 0 Å². The summed E-state index contributed by atoms with van der Waals surface area (Å²) in [5.74, 6) is -0.399. The van der Waals surface area contributed by atoms with Crippen LogP contribution in [-0.4, -0.2) is 25.2 Å². The van der Waals surface area contributed by atoms with Crippen molar-refractivity contribution in [3.05, 3.63) is 11.8 Å². The van der Waals surface area contributed by atoms with Crippen LogP contribution in [0.1, 0.15) is 13.3 Å². The minimum Gasteiger partial charge on any atom is -0.377 e. The van der Waals surface area contributed by atoms with Crippen LogP contribution in [0.4, 0.5) is 0 Å². The van der Waals surface area contributed by atoms with Crippen LogP contribution in [0.15, 0.2) is 11.8 Å². The Bertz CT molecular complexity index is 197. The molecule has 0 aromatic rings. The maximum absolute atomic E-state index is 10.8. The van der Waals surface area contributed by atoms with Crippen LogP contribution in [0, 0.1) is 0 Å². The first-order valence-corrected chi connectivity index (χ1v) is 4.08. The molecule has 1 aliphatic rings. The quantitative estimate of drug-likeness (QED) is 0.572. The highest BCUT2D eigenvalue weighted by atomic mass is 16.5. The lowest BCUT2D eigenvalue weighted by atomic mass is 10.2. The Balaban J connectivity index is 2.42. The molecule has 1 saturated heterocycles. The largest absolute Gasteiger partial charge is 0.377 e. The molecule has 0 aromatic carbocycles. The van der Waals surface area contributed by atoms with Gasteiger partial charge in [-0.15, -0.1) is 0 Å². The van der Waals surface area contributed by atoms with Gasteiger partial charge in [-0.1, -0.05) is 13.0 Å². The maximum atomic E-state index is 10.8. The van der Waals surface area contributed by atoms with Crippen LogP contribution in [0.5, 0.6) is 0 Å². The first kappa shape index (κ1) is 9.06. The van der Waals surface area contributed by atoms with Gasteiger partial charge in [-0.2, -0.15) is 0 Å². The van der Waals surface area contributed by atoms with Crippen LogP contribution in [0.25, 0.3) is 0 Å². The van der Waals surface area contributed by atoms with Crippen LogP contribution < -0.4 is 11.1 Å². The molecule has 1 aliphatic heterocycles. The third-order valence-corrected chi connectivity index (χ3v) is 1.67. The van der Waals surface area contributed by atoms with E-state index in [1.807, 2.05) is 6.92 Å². The molecule has 0 atom stereocenters.